The van der Waals surface area contributed by atoms with E-state index in [-0.39, 0.29) is 17.6 Å². The van der Waals surface area contributed by atoms with Crippen LogP contribution in [0, 0.1) is 6.92 Å². The van der Waals surface area contributed by atoms with Crippen LogP contribution >= 0.6 is 12.2 Å². The molecule has 1 atom stereocenters. The van der Waals surface area contributed by atoms with Crippen LogP contribution in [-0.2, 0) is 4.74 Å². The number of rotatable bonds is 3. The van der Waals surface area contributed by atoms with Crippen molar-refractivity contribution in [2.45, 2.75) is 38.8 Å². The van der Waals surface area contributed by atoms with E-state index >= 15 is 0 Å². The van der Waals surface area contributed by atoms with E-state index in [0.29, 0.717) is 10.7 Å². The van der Waals surface area contributed by atoms with Gasteiger partial charge in [0.15, 0.2) is 5.11 Å². The lowest BCUT2D eigenvalue weighted by atomic mass is 9.89. The molecule has 27 heavy (non-hydrogen) atoms. The predicted octanol–water partition coefficient (Wildman–Crippen LogP) is 4.37. The SMILES string of the molecule is COC(=O)c1cccc(NC(=S)N[C@H]2CC(C)(C)Oc3ccc(C)cc32)c1. The number of carbonyl (C=O) groups is 1. The third-order valence-corrected chi connectivity index (χ3v) is 4.69. The predicted molar refractivity (Wildman–Crippen MR) is 110 cm³/mol. The van der Waals surface area contributed by atoms with Gasteiger partial charge in [-0.2, -0.15) is 0 Å². The molecule has 0 radical (unpaired) electrons. The molecule has 0 bridgehead atoms. The summed E-state index contributed by atoms with van der Waals surface area (Å²) in [5.41, 5.74) is 3.18. The minimum Gasteiger partial charge on any atom is -0.487 e. The van der Waals surface area contributed by atoms with Gasteiger partial charge < -0.3 is 20.1 Å². The maximum Gasteiger partial charge on any atom is 0.337 e. The van der Waals surface area contributed by atoms with E-state index in [1.807, 2.05) is 18.2 Å². The highest BCUT2D eigenvalue weighted by atomic mass is 32.1. The largest absolute Gasteiger partial charge is 0.487 e. The van der Waals surface area contributed by atoms with E-state index in [9.17, 15) is 4.79 Å². The van der Waals surface area contributed by atoms with Crippen LogP contribution in [-0.4, -0.2) is 23.8 Å². The summed E-state index contributed by atoms with van der Waals surface area (Å²) in [6, 6.07) is 13.3. The van der Waals surface area contributed by atoms with Crippen molar-refractivity contribution in [3.8, 4) is 5.75 Å². The first-order valence-corrected chi connectivity index (χ1v) is 9.24. The summed E-state index contributed by atoms with van der Waals surface area (Å²) in [7, 11) is 1.36. The molecule has 0 unspecified atom stereocenters. The number of hydrogen-bond donors (Lipinski definition) is 2. The van der Waals surface area contributed by atoms with Gasteiger partial charge in [0, 0.05) is 17.7 Å². The number of thiocarbonyl (C=S) groups is 1. The lowest BCUT2D eigenvalue weighted by Crippen LogP contribution is -2.42. The Kier molecular flexibility index (Phi) is 5.37. The van der Waals surface area contributed by atoms with Crippen LogP contribution in [0.4, 0.5) is 5.69 Å². The minimum absolute atomic E-state index is 0.0347. The van der Waals surface area contributed by atoms with Crippen molar-refractivity contribution in [1.29, 1.82) is 0 Å². The molecular weight excluding hydrogens is 360 g/mol. The number of hydrogen-bond acceptors (Lipinski definition) is 4. The first-order chi connectivity index (χ1) is 12.8. The minimum atomic E-state index is -0.381. The zero-order chi connectivity index (χ0) is 19.6. The highest BCUT2D eigenvalue weighted by Crippen LogP contribution is 2.39. The number of carbonyl (C=O) groups excluding carboxylic acids is 1. The number of anilines is 1. The lowest BCUT2D eigenvalue weighted by molar-refractivity contribution is 0.0600. The average molecular weight is 385 g/mol. The number of fused-ring (bicyclic) bond motifs is 1. The van der Waals surface area contributed by atoms with E-state index in [1.165, 1.54) is 12.7 Å². The second kappa shape index (κ2) is 7.56. The van der Waals surface area contributed by atoms with Crippen molar-refractivity contribution in [1.82, 2.24) is 5.32 Å². The molecule has 5 nitrogen and oxygen atoms in total. The Morgan fingerprint density at radius 3 is 2.78 bits per heavy atom. The normalized spacial score (nSPS) is 17.3. The summed E-state index contributed by atoms with van der Waals surface area (Å²) in [5.74, 6) is 0.498. The van der Waals surface area contributed by atoms with Gasteiger partial charge in [-0.15, -0.1) is 0 Å². The molecule has 142 valence electrons. The monoisotopic (exact) mass is 384 g/mol. The van der Waals surface area contributed by atoms with Crippen LogP contribution in [0.1, 0.15) is 47.8 Å². The summed E-state index contributed by atoms with van der Waals surface area (Å²) in [5, 5.41) is 7.04. The molecule has 1 heterocycles. The zero-order valence-electron chi connectivity index (χ0n) is 16.0. The molecule has 0 aliphatic carbocycles. The Balaban J connectivity index is 1.76. The smallest absolute Gasteiger partial charge is 0.337 e. The van der Waals surface area contributed by atoms with Crippen LogP contribution in [0.15, 0.2) is 42.5 Å². The Hall–Kier alpha value is -2.60. The fourth-order valence-corrected chi connectivity index (χ4v) is 3.53. The van der Waals surface area contributed by atoms with Crippen LogP contribution in [0.2, 0.25) is 0 Å². The van der Waals surface area contributed by atoms with Crippen molar-refractivity contribution < 1.29 is 14.3 Å². The summed E-state index contributed by atoms with van der Waals surface area (Å²) < 4.78 is 10.9. The molecule has 2 aromatic carbocycles. The van der Waals surface area contributed by atoms with Crippen molar-refractivity contribution in [3.05, 3.63) is 59.2 Å². The summed E-state index contributed by atoms with van der Waals surface area (Å²) in [4.78, 5) is 11.7. The third-order valence-electron chi connectivity index (χ3n) is 4.47. The second-order valence-electron chi connectivity index (χ2n) is 7.33. The van der Waals surface area contributed by atoms with E-state index in [2.05, 4.69) is 37.5 Å². The molecule has 2 aromatic rings. The Labute approximate surface area is 165 Å². The molecule has 3 rings (SSSR count). The van der Waals surface area contributed by atoms with Gasteiger partial charge in [-0.05, 0) is 57.3 Å². The molecule has 0 saturated carbocycles. The number of benzene rings is 2. The standard InChI is InChI=1S/C21H24N2O3S/c1-13-8-9-18-16(10-13)17(12-21(2,3)26-18)23-20(27)22-15-7-5-6-14(11-15)19(24)25-4/h5-11,17H,12H2,1-4H3,(H2,22,23,27)/t17-/m0/s1. The van der Waals surface area contributed by atoms with E-state index < -0.39 is 0 Å². The summed E-state index contributed by atoms with van der Waals surface area (Å²) in [6.07, 6.45) is 0.785. The van der Waals surface area contributed by atoms with Gasteiger partial charge in [0.1, 0.15) is 11.4 Å². The number of methoxy groups -OCH3 is 1. The topological polar surface area (TPSA) is 59.6 Å². The maximum atomic E-state index is 11.7. The van der Waals surface area contributed by atoms with Gasteiger partial charge in [0.05, 0.1) is 18.7 Å². The molecule has 6 heteroatoms. The highest BCUT2D eigenvalue weighted by Gasteiger charge is 2.34. The molecule has 1 aliphatic rings. The zero-order valence-corrected chi connectivity index (χ0v) is 16.8. The molecule has 0 fully saturated rings. The van der Waals surface area contributed by atoms with Crippen LogP contribution in [0.3, 0.4) is 0 Å². The van der Waals surface area contributed by atoms with E-state index in [0.717, 1.165) is 23.4 Å². The first-order valence-electron chi connectivity index (χ1n) is 8.83. The van der Waals surface area contributed by atoms with Gasteiger partial charge in [0.25, 0.3) is 0 Å². The molecule has 0 saturated heterocycles. The molecular formula is C21H24N2O3S. The van der Waals surface area contributed by atoms with E-state index in [1.54, 1.807) is 18.2 Å². The van der Waals surface area contributed by atoms with Gasteiger partial charge in [0.2, 0.25) is 0 Å². The number of ether oxygens (including phenoxy) is 2. The van der Waals surface area contributed by atoms with Crippen molar-refractivity contribution in [3.63, 3.8) is 0 Å². The quantitative estimate of drug-likeness (QED) is 0.605. The average Bonchev–Trinajstić information content (AvgIpc) is 2.61. The molecule has 0 spiro atoms. The van der Waals surface area contributed by atoms with Crippen molar-refractivity contribution in [2.75, 3.05) is 12.4 Å². The fourth-order valence-electron chi connectivity index (χ4n) is 3.27. The molecule has 0 aromatic heterocycles. The van der Waals surface area contributed by atoms with Gasteiger partial charge >= 0.3 is 5.97 Å². The van der Waals surface area contributed by atoms with Gasteiger partial charge in [-0.1, -0.05) is 23.8 Å². The van der Waals surface area contributed by atoms with Crippen LogP contribution in [0.5, 0.6) is 5.75 Å². The Bertz CT molecular complexity index is 879. The number of aryl methyl sites for hydroxylation is 1. The van der Waals surface area contributed by atoms with E-state index in [4.69, 9.17) is 21.7 Å². The molecule has 2 N–H and O–H groups in total. The molecule has 0 amide bonds. The third kappa shape index (κ3) is 4.57. The van der Waals surface area contributed by atoms with Gasteiger partial charge in [-0.3, -0.25) is 0 Å². The summed E-state index contributed by atoms with van der Waals surface area (Å²) in [6.45, 7) is 6.20. The molecule has 1 aliphatic heterocycles. The maximum absolute atomic E-state index is 11.7. The number of esters is 1. The Morgan fingerprint density at radius 1 is 1.26 bits per heavy atom. The highest BCUT2D eigenvalue weighted by molar-refractivity contribution is 7.80. The second-order valence-corrected chi connectivity index (χ2v) is 7.74. The first kappa shape index (κ1) is 19.2. The van der Waals surface area contributed by atoms with Crippen LogP contribution in [0.25, 0.3) is 0 Å². The number of nitrogens with one attached hydrogen (secondary N) is 2. The fraction of sp³-hybridized carbons (Fsp3) is 0.333. The lowest BCUT2D eigenvalue weighted by Gasteiger charge is -2.38. The van der Waals surface area contributed by atoms with Crippen molar-refractivity contribution >= 4 is 29.0 Å². The summed E-state index contributed by atoms with van der Waals surface area (Å²) >= 11 is 5.51. The Morgan fingerprint density at radius 2 is 2.04 bits per heavy atom. The van der Waals surface area contributed by atoms with Crippen LogP contribution < -0.4 is 15.4 Å². The van der Waals surface area contributed by atoms with Gasteiger partial charge in [-0.25, -0.2) is 4.79 Å². The van der Waals surface area contributed by atoms with Crippen molar-refractivity contribution in [2.24, 2.45) is 0 Å².